The van der Waals surface area contributed by atoms with Gasteiger partial charge in [0.05, 0.1) is 11.2 Å². The van der Waals surface area contributed by atoms with Gasteiger partial charge in [-0.1, -0.05) is 48.0 Å². The summed E-state index contributed by atoms with van der Waals surface area (Å²) in [7, 11) is 2.02. The van der Waals surface area contributed by atoms with Crippen molar-refractivity contribution in [2.24, 2.45) is 18.9 Å². The van der Waals surface area contributed by atoms with Crippen LogP contribution in [-0.4, -0.2) is 15.1 Å². The fraction of sp³-hybridized carbons (Fsp3) is 0.500. The second-order valence-corrected chi connectivity index (χ2v) is 5.60. The average Bonchev–Trinajstić information content (AvgIpc) is 2.63. The summed E-state index contributed by atoms with van der Waals surface area (Å²) in [6, 6.07) is 8.46. The van der Waals surface area contributed by atoms with Gasteiger partial charge in [0, 0.05) is 17.8 Å². The molecule has 17 heavy (non-hydrogen) atoms. The molecule has 1 aromatic heterocycles. The van der Waals surface area contributed by atoms with Crippen LogP contribution in [0.3, 0.4) is 0 Å². The maximum Gasteiger partial charge on any atom is 0.0706 e. The molecule has 92 valence electrons. The molecule has 0 saturated carbocycles. The third-order valence-electron chi connectivity index (χ3n) is 3.43. The SMILES string of the molecule is CC(C)C(CBr)Cc1nn(C)c2ccccc12. The number of hydrogen-bond donors (Lipinski definition) is 0. The van der Waals surface area contributed by atoms with E-state index in [1.54, 1.807) is 0 Å². The Hall–Kier alpha value is -0.830. The summed E-state index contributed by atoms with van der Waals surface area (Å²) < 4.78 is 1.98. The highest BCUT2D eigenvalue weighted by atomic mass is 79.9. The van der Waals surface area contributed by atoms with Crippen LogP contribution < -0.4 is 0 Å². The van der Waals surface area contributed by atoms with E-state index in [-0.39, 0.29) is 0 Å². The lowest BCUT2D eigenvalue weighted by molar-refractivity contribution is 0.423. The monoisotopic (exact) mass is 294 g/mol. The maximum absolute atomic E-state index is 4.66. The Morgan fingerprint density at radius 3 is 2.65 bits per heavy atom. The number of fused-ring (bicyclic) bond motifs is 1. The first-order valence-corrected chi connectivity index (χ1v) is 7.22. The fourth-order valence-corrected chi connectivity index (χ4v) is 3.13. The van der Waals surface area contributed by atoms with E-state index in [0.29, 0.717) is 11.8 Å². The third kappa shape index (κ3) is 2.54. The molecule has 2 rings (SSSR count). The summed E-state index contributed by atoms with van der Waals surface area (Å²) in [6.45, 7) is 4.55. The summed E-state index contributed by atoms with van der Waals surface area (Å²) in [5.41, 5.74) is 2.45. The topological polar surface area (TPSA) is 17.8 Å². The molecule has 0 bridgehead atoms. The van der Waals surface area contributed by atoms with Gasteiger partial charge in [0.2, 0.25) is 0 Å². The van der Waals surface area contributed by atoms with Gasteiger partial charge in [-0.2, -0.15) is 5.10 Å². The van der Waals surface area contributed by atoms with Crippen molar-refractivity contribution in [3.8, 4) is 0 Å². The minimum absolute atomic E-state index is 0.647. The molecule has 2 nitrogen and oxygen atoms in total. The highest BCUT2D eigenvalue weighted by Gasteiger charge is 2.16. The maximum atomic E-state index is 4.66. The number of benzene rings is 1. The van der Waals surface area contributed by atoms with Crippen molar-refractivity contribution in [3.05, 3.63) is 30.0 Å². The first-order valence-electron chi connectivity index (χ1n) is 6.10. The zero-order valence-corrected chi connectivity index (χ0v) is 12.2. The van der Waals surface area contributed by atoms with Gasteiger partial charge in [-0.15, -0.1) is 0 Å². The van der Waals surface area contributed by atoms with Crippen LogP contribution in [0, 0.1) is 11.8 Å². The Labute approximate surface area is 111 Å². The van der Waals surface area contributed by atoms with Crippen LogP contribution >= 0.6 is 15.9 Å². The predicted molar refractivity (Wildman–Crippen MR) is 76.5 cm³/mol. The Bertz CT molecular complexity index is 502. The van der Waals surface area contributed by atoms with Crippen LogP contribution in [0.1, 0.15) is 19.5 Å². The number of nitrogens with zero attached hydrogens (tertiary/aromatic N) is 2. The fourth-order valence-electron chi connectivity index (χ4n) is 2.16. The molecule has 0 saturated heterocycles. The van der Waals surface area contributed by atoms with Gasteiger partial charge in [0.1, 0.15) is 0 Å². The first kappa shape index (κ1) is 12.6. The first-order chi connectivity index (χ1) is 8.13. The molecule has 0 spiro atoms. The second kappa shape index (κ2) is 5.21. The van der Waals surface area contributed by atoms with Crippen molar-refractivity contribution in [2.75, 3.05) is 5.33 Å². The van der Waals surface area contributed by atoms with Gasteiger partial charge in [0.15, 0.2) is 0 Å². The van der Waals surface area contributed by atoms with E-state index < -0.39 is 0 Å². The van der Waals surface area contributed by atoms with Crippen molar-refractivity contribution >= 4 is 26.8 Å². The van der Waals surface area contributed by atoms with E-state index in [0.717, 1.165) is 11.8 Å². The van der Waals surface area contributed by atoms with E-state index in [1.807, 2.05) is 11.7 Å². The molecule has 0 N–H and O–H groups in total. The molecule has 0 fully saturated rings. The Kier molecular flexibility index (Phi) is 3.87. The number of para-hydroxylation sites is 1. The summed E-state index contributed by atoms with van der Waals surface area (Å²) in [6.07, 6.45) is 1.05. The highest BCUT2D eigenvalue weighted by molar-refractivity contribution is 9.09. The van der Waals surface area contributed by atoms with E-state index in [9.17, 15) is 0 Å². The van der Waals surface area contributed by atoms with E-state index >= 15 is 0 Å². The van der Waals surface area contributed by atoms with Gasteiger partial charge in [-0.25, -0.2) is 0 Å². The lowest BCUT2D eigenvalue weighted by Gasteiger charge is -2.16. The highest BCUT2D eigenvalue weighted by Crippen LogP contribution is 2.24. The average molecular weight is 295 g/mol. The molecule has 1 unspecified atom stereocenters. The number of alkyl halides is 1. The molecule has 1 aromatic carbocycles. The summed E-state index contributed by atoms with van der Waals surface area (Å²) in [5.74, 6) is 1.32. The molecular weight excluding hydrogens is 276 g/mol. The Morgan fingerprint density at radius 1 is 1.29 bits per heavy atom. The number of rotatable bonds is 4. The lowest BCUT2D eigenvalue weighted by Crippen LogP contribution is -2.14. The summed E-state index contributed by atoms with van der Waals surface area (Å²) in [4.78, 5) is 0. The number of hydrogen-bond acceptors (Lipinski definition) is 1. The Balaban J connectivity index is 2.36. The molecule has 2 aromatic rings. The molecular formula is C14H19BrN2. The third-order valence-corrected chi connectivity index (χ3v) is 4.26. The van der Waals surface area contributed by atoms with Crippen molar-refractivity contribution in [2.45, 2.75) is 20.3 Å². The summed E-state index contributed by atoms with van der Waals surface area (Å²) >= 11 is 3.61. The van der Waals surface area contributed by atoms with Gasteiger partial charge in [0.25, 0.3) is 0 Å². The van der Waals surface area contributed by atoms with Gasteiger partial charge in [-0.3, -0.25) is 4.68 Å². The molecule has 0 radical (unpaired) electrons. The quantitative estimate of drug-likeness (QED) is 0.785. The van der Waals surface area contributed by atoms with Crippen LogP contribution in [0.25, 0.3) is 10.9 Å². The predicted octanol–water partition coefficient (Wildman–Crippen LogP) is 3.78. The molecule has 0 aliphatic carbocycles. The zero-order valence-electron chi connectivity index (χ0n) is 10.7. The van der Waals surface area contributed by atoms with Crippen LogP contribution in [0.2, 0.25) is 0 Å². The zero-order chi connectivity index (χ0) is 12.4. The van der Waals surface area contributed by atoms with Gasteiger partial charge >= 0.3 is 0 Å². The number of aromatic nitrogens is 2. The van der Waals surface area contributed by atoms with E-state index in [1.165, 1.54) is 16.6 Å². The number of aryl methyl sites for hydroxylation is 1. The Morgan fingerprint density at radius 2 is 2.00 bits per heavy atom. The van der Waals surface area contributed by atoms with Crippen molar-refractivity contribution in [1.82, 2.24) is 9.78 Å². The second-order valence-electron chi connectivity index (χ2n) is 4.95. The van der Waals surface area contributed by atoms with Crippen molar-refractivity contribution < 1.29 is 0 Å². The molecule has 0 aliphatic heterocycles. The van der Waals surface area contributed by atoms with Crippen LogP contribution in [0.15, 0.2) is 24.3 Å². The molecule has 0 amide bonds. The molecule has 0 aliphatic rings. The van der Waals surface area contributed by atoms with E-state index in [2.05, 4.69) is 59.1 Å². The lowest BCUT2D eigenvalue weighted by atomic mass is 9.92. The van der Waals surface area contributed by atoms with Gasteiger partial charge in [-0.05, 0) is 24.3 Å². The minimum Gasteiger partial charge on any atom is -0.268 e. The molecule has 1 atom stereocenters. The molecule has 1 heterocycles. The van der Waals surface area contributed by atoms with Crippen molar-refractivity contribution in [3.63, 3.8) is 0 Å². The minimum atomic E-state index is 0.647. The van der Waals surface area contributed by atoms with Crippen LogP contribution in [0.4, 0.5) is 0 Å². The largest absolute Gasteiger partial charge is 0.268 e. The van der Waals surface area contributed by atoms with E-state index in [4.69, 9.17) is 0 Å². The standard InChI is InChI=1S/C14H19BrN2/c1-10(2)11(9-15)8-13-12-6-4-5-7-14(12)17(3)16-13/h4-7,10-11H,8-9H2,1-3H3. The normalized spacial score (nSPS) is 13.5. The van der Waals surface area contributed by atoms with Crippen LogP contribution in [-0.2, 0) is 13.5 Å². The number of halogens is 1. The smallest absolute Gasteiger partial charge is 0.0706 e. The van der Waals surface area contributed by atoms with Crippen molar-refractivity contribution in [1.29, 1.82) is 0 Å². The molecule has 3 heteroatoms. The van der Waals surface area contributed by atoms with Crippen LogP contribution in [0.5, 0.6) is 0 Å². The van der Waals surface area contributed by atoms with Gasteiger partial charge < -0.3 is 0 Å². The summed E-state index contributed by atoms with van der Waals surface area (Å²) in [5, 5.41) is 6.99.